The van der Waals surface area contributed by atoms with E-state index >= 15 is 0 Å². The zero-order valence-corrected chi connectivity index (χ0v) is 11.8. The Bertz CT molecular complexity index is 500. The van der Waals surface area contributed by atoms with Crippen LogP contribution in [0.25, 0.3) is 0 Å². The van der Waals surface area contributed by atoms with E-state index in [2.05, 4.69) is 4.72 Å². The summed E-state index contributed by atoms with van der Waals surface area (Å²) in [6.07, 6.45) is 0. The summed E-state index contributed by atoms with van der Waals surface area (Å²) >= 11 is 0. The summed E-state index contributed by atoms with van der Waals surface area (Å²) in [7, 11) is -1.91. The lowest BCUT2D eigenvalue weighted by Crippen LogP contribution is -2.30. The van der Waals surface area contributed by atoms with E-state index < -0.39 is 10.0 Å². The minimum Gasteiger partial charge on any atom is -0.398 e. The molecule has 0 amide bonds. The van der Waals surface area contributed by atoms with E-state index in [9.17, 15) is 8.42 Å². The normalized spacial score (nSPS) is 13.5. The molecular weight excluding hydrogens is 252 g/mol. The largest absolute Gasteiger partial charge is 0.398 e. The van der Waals surface area contributed by atoms with Gasteiger partial charge in [-0.1, -0.05) is 13.0 Å². The fourth-order valence-electron chi connectivity index (χ4n) is 1.46. The number of rotatable bonds is 6. The van der Waals surface area contributed by atoms with E-state index in [1.807, 2.05) is 13.8 Å². The minimum absolute atomic E-state index is 0.118. The number of anilines is 1. The zero-order valence-electron chi connectivity index (χ0n) is 10.9. The first-order valence-corrected chi connectivity index (χ1v) is 7.20. The molecule has 0 bridgehead atoms. The molecule has 0 saturated carbocycles. The van der Waals surface area contributed by atoms with Crippen molar-refractivity contribution >= 4 is 15.7 Å². The van der Waals surface area contributed by atoms with Crippen LogP contribution in [0.2, 0.25) is 0 Å². The average Bonchev–Trinajstić information content (AvgIpc) is 2.30. The van der Waals surface area contributed by atoms with E-state index in [-0.39, 0.29) is 10.8 Å². The van der Waals surface area contributed by atoms with Crippen LogP contribution in [0.15, 0.2) is 23.1 Å². The molecule has 1 aromatic rings. The standard InChI is InChI=1S/C12H20N2O3S/c1-9(8-17-3)7-14-18(15,16)11-5-4-10(2)12(13)6-11/h4-6,9,14H,7-8,13H2,1-3H3. The molecule has 1 rings (SSSR count). The molecule has 1 aromatic carbocycles. The van der Waals surface area contributed by atoms with Gasteiger partial charge in [0.15, 0.2) is 0 Å². The Balaban J connectivity index is 2.77. The molecule has 0 aliphatic rings. The number of nitrogens with two attached hydrogens (primary N) is 1. The summed E-state index contributed by atoms with van der Waals surface area (Å²) in [5.74, 6) is 0.118. The van der Waals surface area contributed by atoms with Gasteiger partial charge in [-0.25, -0.2) is 13.1 Å². The molecule has 1 unspecified atom stereocenters. The number of hydrogen-bond acceptors (Lipinski definition) is 4. The van der Waals surface area contributed by atoms with Crippen LogP contribution in [0.5, 0.6) is 0 Å². The van der Waals surface area contributed by atoms with Crippen LogP contribution < -0.4 is 10.5 Å². The lowest BCUT2D eigenvalue weighted by atomic mass is 10.2. The smallest absolute Gasteiger partial charge is 0.240 e. The quantitative estimate of drug-likeness (QED) is 0.761. The number of benzene rings is 1. The van der Waals surface area contributed by atoms with Crippen LogP contribution in [0, 0.1) is 12.8 Å². The fraction of sp³-hybridized carbons (Fsp3) is 0.500. The van der Waals surface area contributed by atoms with Gasteiger partial charge in [0.1, 0.15) is 0 Å². The maximum atomic E-state index is 12.0. The Kier molecular flexibility index (Phi) is 5.13. The highest BCUT2D eigenvalue weighted by Crippen LogP contribution is 2.17. The lowest BCUT2D eigenvalue weighted by Gasteiger charge is -2.12. The summed E-state index contributed by atoms with van der Waals surface area (Å²) in [5, 5.41) is 0. The summed E-state index contributed by atoms with van der Waals surface area (Å²) in [5.41, 5.74) is 7.05. The average molecular weight is 272 g/mol. The monoisotopic (exact) mass is 272 g/mol. The Labute approximate surface area is 108 Å². The Morgan fingerprint density at radius 1 is 1.44 bits per heavy atom. The molecule has 0 aliphatic carbocycles. The van der Waals surface area contributed by atoms with Gasteiger partial charge in [0.2, 0.25) is 10.0 Å². The predicted octanol–water partition coefficient (Wildman–Crippen LogP) is 1.14. The number of methoxy groups -OCH3 is 1. The second-order valence-corrected chi connectivity index (χ2v) is 6.20. The maximum Gasteiger partial charge on any atom is 0.240 e. The van der Waals surface area contributed by atoms with Crippen molar-refractivity contribution in [2.45, 2.75) is 18.7 Å². The summed E-state index contributed by atoms with van der Waals surface area (Å²) in [6.45, 7) is 4.60. The summed E-state index contributed by atoms with van der Waals surface area (Å²) in [4.78, 5) is 0.190. The molecule has 1 atom stereocenters. The van der Waals surface area contributed by atoms with E-state index in [1.165, 1.54) is 6.07 Å². The van der Waals surface area contributed by atoms with Crippen LogP contribution >= 0.6 is 0 Å². The van der Waals surface area contributed by atoms with Gasteiger partial charge >= 0.3 is 0 Å². The number of nitrogens with one attached hydrogen (secondary N) is 1. The van der Waals surface area contributed by atoms with Crippen molar-refractivity contribution < 1.29 is 13.2 Å². The first kappa shape index (κ1) is 14.9. The van der Waals surface area contributed by atoms with Crippen LogP contribution in [0.3, 0.4) is 0 Å². The van der Waals surface area contributed by atoms with Crippen molar-refractivity contribution in [2.75, 3.05) is 26.0 Å². The van der Waals surface area contributed by atoms with Crippen LogP contribution in [0.4, 0.5) is 5.69 Å². The van der Waals surface area contributed by atoms with Gasteiger partial charge in [0.25, 0.3) is 0 Å². The van der Waals surface area contributed by atoms with E-state index in [0.29, 0.717) is 18.8 Å². The third-order valence-electron chi connectivity index (χ3n) is 2.63. The highest BCUT2D eigenvalue weighted by atomic mass is 32.2. The van der Waals surface area contributed by atoms with Crippen LogP contribution in [0.1, 0.15) is 12.5 Å². The van der Waals surface area contributed by atoms with Gasteiger partial charge in [-0.2, -0.15) is 0 Å². The summed E-state index contributed by atoms with van der Waals surface area (Å²) < 4.78 is 31.5. The molecule has 0 fully saturated rings. The molecule has 102 valence electrons. The van der Waals surface area contributed by atoms with Gasteiger partial charge < -0.3 is 10.5 Å². The molecule has 0 heterocycles. The van der Waals surface area contributed by atoms with Gasteiger partial charge in [-0.05, 0) is 30.5 Å². The van der Waals surface area contributed by atoms with Crippen molar-refractivity contribution in [3.05, 3.63) is 23.8 Å². The first-order chi connectivity index (χ1) is 8.36. The van der Waals surface area contributed by atoms with E-state index in [4.69, 9.17) is 10.5 Å². The molecule has 0 radical (unpaired) electrons. The molecule has 0 aromatic heterocycles. The molecule has 6 heteroatoms. The van der Waals surface area contributed by atoms with Crippen molar-refractivity contribution in [3.63, 3.8) is 0 Å². The van der Waals surface area contributed by atoms with Crippen molar-refractivity contribution in [2.24, 2.45) is 5.92 Å². The molecule has 0 aliphatic heterocycles. The van der Waals surface area contributed by atoms with Crippen LogP contribution in [-0.2, 0) is 14.8 Å². The molecule has 0 spiro atoms. The highest BCUT2D eigenvalue weighted by molar-refractivity contribution is 7.89. The van der Waals surface area contributed by atoms with Gasteiger partial charge in [-0.3, -0.25) is 0 Å². The van der Waals surface area contributed by atoms with E-state index in [0.717, 1.165) is 5.56 Å². The zero-order chi connectivity index (χ0) is 13.8. The number of aryl methyl sites for hydroxylation is 1. The third kappa shape index (κ3) is 3.97. The molecule has 0 saturated heterocycles. The Morgan fingerprint density at radius 2 is 2.11 bits per heavy atom. The molecule has 5 nitrogen and oxygen atoms in total. The highest BCUT2D eigenvalue weighted by Gasteiger charge is 2.15. The number of sulfonamides is 1. The van der Waals surface area contributed by atoms with Crippen LogP contribution in [-0.4, -0.2) is 28.7 Å². The molecular formula is C12H20N2O3S. The van der Waals surface area contributed by atoms with Gasteiger partial charge in [-0.15, -0.1) is 0 Å². The van der Waals surface area contributed by atoms with Crippen molar-refractivity contribution in [3.8, 4) is 0 Å². The Hall–Kier alpha value is -1.11. The summed E-state index contributed by atoms with van der Waals surface area (Å²) in [6, 6.07) is 4.72. The SMILES string of the molecule is COCC(C)CNS(=O)(=O)c1ccc(C)c(N)c1. The molecule has 18 heavy (non-hydrogen) atoms. The maximum absolute atomic E-state index is 12.0. The van der Waals surface area contributed by atoms with Gasteiger partial charge in [0.05, 0.1) is 4.90 Å². The first-order valence-electron chi connectivity index (χ1n) is 5.71. The van der Waals surface area contributed by atoms with Gasteiger partial charge in [0, 0.05) is 25.9 Å². The predicted molar refractivity (Wildman–Crippen MR) is 71.8 cm³/mol. The topological polar surface area (TPSA) is 81.4 Å². The molecule has 3 N–H and O–H groups in total. The lowest BCUT2D eigenvalue weighted by molar-refractivity contribution is 0.161. The number of ether oxygens (including phenoxy) is 1. The minimum atomic E-state index is -3.50. The number of hydrogen-bond donors (Lipinski definition) is 2. The second-order valence-electron chi connectivity index (χ2n) is 4.43. The van der Waals surface area contributed by atoms with E-state index in [1.54, 1.807) is 19.2 Å². The van der Waals surface area contributed by atoms with Crippen molar-refractivity contribution in [1.82, 2.24) is 4.72 Å². The fourth-order valence-corrected chi connectivity index (χ4v) is 2.66. The Morgan fingerprint density at radius 3 is 2.67 bits per heavy atom. The number of nitrogen functional groups attached to an aromatic ring is 1. The third-order valence-corrected chi connectivity index (χ3v) is 4.06. The van der Waals surface area contributed by atoms with Crippen molar-refractivity contribution in [1.29, 1.82) is 0 Å². The second kappa shape index (κ2) is 6.17.